The van der Waals surface area contributed by atoms with Crippen LogP contribution in [0.15, 0.2) is 28.7 Å². The molecular weight excluding hydrogens is 278 g/mol. The summed E-state index contributed by atoms with van der Waals surface area (Å²) in [6.07, 6.45) is 0.219. The summed E-state index contributed by atoms with van der Waals surface area (Å²) in [4.78, 5) is 2.46. The third-order valence-electron chi connectivity index (χ3n) is 2.93. The first kappa shape index (κ1) is 13.1. The molecule has 2 nitrogen and oxygen atoms in total. The lowest BCUT2D eigenvalue weighted by Crippen LogP contribution is -2.39. The predicted molar refractivity (Wildman–Crippen MR) is 73.9 cm³/mol. The van der Waals surface area contributed by atoms with Crippen LogP contribution in [0.5, 0.6) is 0 Å². The molecule has 0 saturated carbocycles. The quantitative estimate of drug-likeness (QED) is 0.847. The van der Waals surface area contributed by atoms with Gasteiger partial charge in [0.05, 0.1) is 12.7 Å². The molecule has 1 radical (unpaired) electrons. The van der Waals surface area contributed by atoms with Crippen LogP contribution in [0.4, 0.5) is 0 Å². The van der Waals surface area contributed by atoms with Gasteiger partial charge >= 0.3 is 0 Å². The van der Waals surface area contributed by atoms with Crippen molar-refractivity contribution in [3.8, 4) is 0 Å². The highest BCUT2D eigenvalue weighted by Crippen LogP contribution is 2.24. The zero-order valence-corrected chi connectivity index (χ0v) is 12.0. The lowest BCUT2D eigenvalue weighted by molar-refractivity contribution is -0.0283. The second-order valence-corrected chi connectivity index (χ2v) is 5.77. The number of rotatable bonds is 3. The smallest absolute Gasteiger partial charge is 0.0952 e. The van der Waals surface area contributed by atoms with E-state index in [2.05, 4.69) is 58.9 Å². The summed E-state index contributed by atoms with van der Waals surface area (Å²) in [5, 5.41) is 0. The first-order valence-electron chi connectivity index (χ1n) is 6.03. The maximum absolute atomic E-state index is 5.85. The molecule has 0 aliphatic carbocycles. The minimum atomic E-state index is 0.219. The Morgan fingerprint density at radius 2 is 2.06 bits per heavy atom. The molecule has 0 N–H and O–H groups in total. The standard InChI is InChI=1S/C14H19BrNO/c1-11(2)9-16-7-8-17-14(10-16)12-3-5-13(15)6-4-12/h3-6,14H,7-10H2,1-2H3/t14-/m1/s1. The monoisotopic (exact) mass is 296 g/mol. The molecule has 1 aliphatic rings. The summed E-state index contributed by atoms with van der Waals surface area (Å²) >= 11 is 3.46. The highest BCUT2D eigenvalue weighted by atomic mass is 79.9. The summed E-state index contributed by atoms with van der Waals surface area (Å²) in [6.45, 7) is 8.31. The Bertz CT molecular complexity index is 350. The first-order chi connectivity index (χ1) is 8.15. The Morgan fingerprint density at radius 1 is 1.35 bits per heavy atom. The van der Waals surface area contributed by atoms with Crippen molar-refractivity contribution in [2.45, 2.75) is 20.0 Å². The van der Waals surface area contributed by atoms with Gasteiger partial charge in [-0.2, -0.15) is 0 Å². The molecule has 0 unspecified atom stereocenters. The van der Waals surface area contributed by atoms with Gasteiger partial charge in [0, 0.05) is 24.1 Å². The number of hydrogen-bond donors (Lipinski definition) is 0. The van der Waals surface area contributed by atoms with Gasteiger partial charge in [-0.15, -0.1) is 0 Å². The van der Waals surface area contributed by atoms with Gasteiger partial charge in [0.25, 0.3) is 0 Å². The van der Waals surface area contributed by atoms with Crippen LogP contribution in [0.1, 0.15) is 25.5 Å². The van der Waals surface area contributed by atoms with Crippen molar-refractivity contribution in [1.82, 2.24) is 4.90 Å². The Balaban J connectivity index is 1.99. The molecule has 0 bridgehead atoms. The van der Waals surface area contributed by atoms with Gasteiger partial charge < -0.3 is 4.74 Å². The zero-order chi connectivity index (χ0) is 12.3. The molecular formula is C14H19BrNO. The number of hydrogen-bond acceptors (Lipinski definition) is 2. The predicted octanol–water partition coefficient (Wildman–Crippen LogP) is 3.44. The summed E-state index contributed by atoms with van der Waals surface area (Å²) in [7, 11) is 0. The number of halogens is 1. The van der Waals surface area contributed by atoms with E-state index in [1.165, 1.54) is 11.5 Å². The molecule has 1 heterocycles. The van der Waals surface area contributed by atoms with Gasteiger partial charge in [0.1, 0.15) is 0 Å². The van der Waals surface area contributed by atoms with Crippen LogP contribution in [0.25, 0.3) is 0 Å². The molecule has 0 aromatic heterocycles. The molecule has 1 saturated heterocycles. The van der Waals surface area contributed by atoms with Crippen LogP contribution in [0.3, 0.4) is 0 Å². The number of benzene rings is 1. The summed E-state index contributed by atoms with van der Waals surface area (Å²) in [6, 6.07) is 8.44. The van der Waals surface area contributed by atoms with Gasteiger partial charge in [-0.05, 0) is 23.6 Å². The fourth-order valence-corrected chi connectivity index (χ4v) is 2.44. The molecule has 1 aliphatic heterocycles. The topological polar surface area (TPSA) is 12.5 Å². The van der Waals surface area contributed by atoms with E-state index >= 15 is 0 Å². The first-order valence-corrected chi connectivity index (χ1v) is 6.83. The Labute approximate surface area is 112 Å². The largest absolute Gasteiger partial charge is 0.371 e. The normalized spacial score (nSPS) is 22.0. The van der Waals surface area contributed by atoms with E-state index in [4.69, 9.17) is 4.74 Å². The van der Waals surface area contributed by atoms with Crippen molar-refractivity contribution in [2.75, 3.05) is 26.2 Å². The minimum Gasteiger partial charge on any atom is -0.371 e. The number of nitrogens with zero attached hydrogens (tertiary/aromatic N) is 1. The summed E-state index contributed by atoms with van der Waals surface area (Å²) in [5.41, 5.74) is 1.27. The van der Waals surface area contributed by atoms with E-state index in [0.717, 1.165) is 30.7 Å². The molecule has 1 aromatic carbocycles. The molecule has 1 atom stereocenters. The van der Waals surface area contributed by atoms with Gasteiger partial charge in [-0.25, -0.2) is 0 Å². The van der Waals surface area contributed by atoms with E-state index in [-0.39, 0.29) is 6.10 Å². The lowest BCUT2D eigenvalue weighted by atomic mass is 10.1. The van der Waals surface area contributed by atoms with Crippen molar-refractivity contribution in [3.05, 3.63) is 40.2 Å². The molecule has 93 valence electrons. The van der Waals surface area contributed by atoms with Gasteiger partial charge in [0.15, 0.2) is 0 Å². The SMILES string of the molecule is C[C](C)CN1CCO[C@@H](c2ccc(Br)cc2)C1. The third kappa shape index (κ3) is 3.80. The van der Waals surface area contributed by atoms with Crippen LogP contribution in [0, 0.1) is 5.92 Å². The lowest BCUT2D eigenvalue weighted by Gasteiger charge is -2.34. The van der Waals surface area contributed by atoms with Crippen LogP contribution in [0.2, 0.25) is 0 Å². The maximum Gasteiger partial charge on any atom is 0.0952 e. The second kappa shape index (κ2) is 5.98. The molecule has 1 fully saturated rings. The number of ether oxygens (including phenoxy) is 1. The Morgan fingerprint density at radius 3 is 2.71 bits per heavy atom. The van der Waals surface area contributed by atoms with E-state index in [9.17, 15) is 0 Å². The van der Waals surface area contributed by atoms with Crippen LogP contribution < -0.4 is 0 Å². The fraction of sp³-hybridized carbons (Fsp3) is 0.500. The Hall–Kier alpha value is -0.380. The van der Waals surface area contributed by atoms with Gasteiger partial charge in [-0.3, -0.25) is 4.90 Å². The average molecular weight is 297 g/mol. The zero-order valence-electron chi connectivity index (χ0n) is 10.4. The molecule has 17 heavy (non-hydrogen) atoms. The van der Waals surface area contributed by atoms with Gasteiger partial charge in [-0.1, -0.05) is 41.9 Å². The van der Waals surface area contributed by atoms with Crippen LogP contribution in [-0.2, 0) is 4.74 Å². The average Bonchev–Trinajstić information content (AvgIpc) is 2.29. The van der Waals surface area contributed by atoms with Crippen molar-refractivity contribution in [2.24, 2.45) is 0 Å². The highest BCUT2D eigenvalue weighted by molar-refractivity contribution is 9.10. The third-order valence-corrected chi connectivity index (χ3v) is 3.46. The molecule has 1 aromatic rings. The molecule has 0 spiro atoms. The Kier molecular flexibility index (Phi) is 4.60. The van der Waals surface area contributed by atoms with Crippen molar-refractivity contribution in [3.63, 3.8) is 0 Å². The highest BCUT2D eigenvalue weighted by Gasteiger charge is 2.22. The van der Waals surface area contributed by atoms with Gasteiger partial charge in [0.2, 0.25) is 0 Å². The molecule has 0 amide bonds. The van der Waals surface area contributed by atoms with Crippen molar-refractivity contribution >= 4 is 15.9 Å². The summed E-state index contributed by atoms with van der Waals surface area (Å²) < 4.78 is 6.97. The molecule has 3 heteroatoms. The van der Waals surface area contributed by atoms with E-state index in [0.29, 0.717) is 0 Å². The minimum absolute atomic E-state index is 0.219. The van der Waals surface area contributed by atoms with Crippen molar-refractivity contribution in [1.29, 1.82) is 0 Å². The number of morpholine rings is 1. The fourth-order valence-electron chi connectivity index (χ4n) is 2.17. The second-order valence-electron chi connectivity index (χ2n) is 4.85. The van der Waals surface area contributed by atoms with Crippen LogP contribution >= 0.6 is 15.9 Å². The van der Waals surface area contributed by atoms with E-state index < -0.39 is 0 Å². The van der Waals surface area contributed by atoms with Crippen LogP contribution in [-0.4, -0.2) is 31.1 Å². The summed E-state index contributed by atoms with van der Waals surface area (Å²) in [5.74, 6) is 1.46. The van der Waals surface area contributed by atoms with E-state index in [1.54, 1.807) is 0 Å². The van der Waals surface area contributed by atoms with E-state index in [1.807, 2.05) is 0 Å². The van der Waals surface area contributed by atoms with Crippen molar-refractivity contribution < 1.29 is 4.74 Å². The maximum atomic E-state index is 5.85. The molecule has 2 rings (SSSR count).